The number of fused-ring (bicyclic) bond motifs is 1. The molecule has 0 spiro atoms. The summed E-state index contributed by atoms with van der Waals surface area (Å²) in [6.45, 7) is 0.651. The number of carbonyl (C=O) groups is 1. The van der Waals surface area contributed by atoms with Crippen LogP contribution in [0.5, 0.6) is 11.5 Å². The number of carboxylic acid groups (broad SMARTS) is 1. The van der Waals surface area contributed by atoms with Crippen molar-refractivity contribution < 1.29 is 32.5 Å². The Balaban J connectivity index is 0.000000541. The number of methoxy groups -OCH3 is 1. The molecule has 1 aliphatic rings. The number of hydrogen-bond donors (Lipinski definition) is 5. The lowest BCUT2D eigenvalue weighted by molar-refractivity contribution is -0.192. The third-order valence-electron chi connectivity index (χ3n) is 6.54. The number of alkyl halides is 3. The number of aromatic amines is 1. The maximum absolute atomic E-state index is 12.9. The van der Waals surface area contributed by atoms with Gasteiger partial charge in [-0.05, 0) is 54.2 Å². The van der Waals surface area contributed by atoms with Crippen LogP contribution in [0.15, 0.2) is 59.5 Å². The Morgan fingerprint density at radius 1 is 1.26 bits per heavy atom. The first-order valence-corrected chi connectivity index (χ1v) is 12.9. The maximum Gasteiger partial charge on any atom is 0.490 e. The molecular weight excluding hydrogens is 571 g/mol. The van der Waals surface area contributed by atoms with Gasteiger partial charge in [0.1, 0.15) is 11.7 Å². The molecule has 43 heavy (non-hydrogen) atoms. The first-order chi connectivity index (χ1) is 20.4. The minimum Gasteiger partial charge on any atom is -0.493 e. The number of rotatable bonds is 7. The van der Waals surface area contributed by atoms with Crippen LogP contribution in [-0.4, -0.2) is 56.6 Å². The highest BCUT2D eigenvalue weighted by Crippen LogP contribution is 2.39. The zero-order valence-electron chi connectivity index (χ0n) is 22.8. The van der Waals surface area contributed by atoms with Gasteiger partial charge in [0, 0.05) is 17.7 Å². The molecule has 1 unspecified atom stereocenters. The van der Waals surface area contributed by atoms with Gasteiger partial charge in [0.15, 0.2) is 17.3 Å². The molecule has 7 N–H and O–H groups in total. The van der Waals surface area contributed by atoms with Gasteiger partial charge in [0.05, 0.1) is 19.4 Å². The van der Waals surface area contributed by atoms with Crippen molar-refractivity contribution in [2.24, 2.45) is 5.73 Å². The Labute approximate surface area is 242 Å². The number of benzene rings is 2. The number of nitrogens with zero attached hydrogens (tertiary/aromatic N) is 3. The Hall–Kier alpha value is -5.34. The highest BCUT2D eigenvalue weighted by Gasteiger charge is 2.38. The highest BCUT2D eigenvalue weighted by molar-refractivity contribution is 5.94. The first kappa shape index (κ1) is 30.6. The average Bonchev–Trinajstić information content (AvgIpc) is 3.36. The standard InChI is InChI=1S/C26H27N7O3.C2HF3O2/c1-35-21-14-18(13-17-4-3-11-36-22(17)21)19(12-15-6-8-16(9-7-15)23(28)29)24-31-26(34)33(32-24)25-20(27)5-2-10-30-25;3-2(4,5)1(6)7/h2,5-10,13-14,19H,3-4,11-12,27H2,1H3,(H3,28,29)(H,31,32,34);(H,6,7). The first-order valence-electron chi connectivity index (χ1n) is 12.9. The number of H-pyrrole nitrogens is 1. The molecule has 5 rings (SSSR count). The molecule has 4 aromatic rings. The summed E-state index contributed by atoms with van der Waals surface area (Å²) < 4.78 is 44.5. The molecule has 0 fully saturated rings. The molecule has 0 aliphatic carbocycles. The lowest BCUT2D eigenvalue weighted by Crippen LogP contribution is -2.21. The number of anilines is 1. The largest absolute Gasteiger partial charge is 0.493 e. The second-order valence-electron chi connectivity index (χ2n) is 9.48. The summed E-state index contributed by atoms with van der Waals surface area (Å²) in [4.78, 5) is 29.0. The molecule has 1 aliphatic heterocycles. The number of halogens is 3. The molecule has 0 saturated heterocycles. The summed E-state index contributed by atoms with van der Waals surface area (Å²) in [7, 11) is 1.62. The summed E-state index contributed by atoms with van der Waals surface area (Å²) in [6, 6.07) is 14.9. The van der Waals surface area contributed by atoms with Crippen molar-refractivity contribution >= 4 is 17.5 Å². The number of aromatic nitrogens is 4. The zero-order chi connectivity index (χ0) is 31.3. The summed E-state index contributed by atoms with van der Waals surface area (Å²) in [5, 5.41) is 19.4. The van der Waals surface area contributed by atoms with Crippen LogP contribution in [0.3, 0.4) is 0 Å². The van der Waals surface area contributed by atoms with Crippen LogP contribution in [0.25, 0.3) is 5.82 Å². The molecular formula is C28H28F3N7O5. The van der Waals surface area contributed by atoms with E-state index in [0.717, 1.165) is 35.3 Å². The molecule has 2 aromatic heterocycles. The molecule has 3 heterocycles. The molecule has 0 bridgehead atoms. The molecule has 0 saturated carbocycles. The predicted molar refractivity (Wildman–Crippen MR) is 150 cm³/mol. The van der Waals surface area contributed by atoms with Gasteiger partial charge in [0.2, 0.25) is 0 Å². The summed E-state index contributed by atoms with van der Waals surface area (Å²) in [5.41, 5.74) is 15.2. The van der Waals surface area contributed by atoms with Crippen LogP contribution in [0, 0.1) is 5.41 Å². The van der Waals surface area contributed by atoms with E-state index in [0.29, 0.717) is 35.9 Å². The van der Waals surface area contributed by atoms with Crippen LogP contribution in [0.4, 0.5) is 18.9 Å². The van der Waals surface area contributed by atoms with E-state index in [-0.39, 0.29) is 17.6 Å². The Bertz CT molecular complexity index is 1670. The lowest BCUT2D eigenvalue weighted by atomic mass is 9.88. The van der Waals surface area contributed by atoms with Crippen molar-refractivity contribution in [1.82, 2.24) is 19.7 Å². The van der Waals surface area contributed by atoms with Crippen LogP contribution < -0.4 is 26.6 Å². The number of nitrogen functional groups attached to an aromatic ring is 2. The number of hydrogen-bond acceptors (Lipinski definition) is 8. The third-order valence-corrected chi connectivity index (χ3v) is 6.54. The lowest BCUT2D eigenvalue weighted by Gasteiger charge is -2.23. The molecule has 2 aromatic carbocycles. The van der Waals surface area contributed by atoms with E-state index in [9.17, 15) is 18.0 Å². The van der Waals surface area contributed by atoms with Crippen molar-refractivity contribution in [3.8, 4) is 17.3 Å². The topological polar surface area (TPSA) is 195 Å². The Kier molecular flexibility index (Phi) is 9.02. The molecule has 1 atom stereocenters. The Morgan fingerprint density at radius 3 is 2.56 bits per heavy atom. The highest BCUT2D eigenvalue weighted by atomic mass is 19.4. The van der Waals surface area contributed by atoms with Gasteiger partial charge in [0.25, 0.3) is 0 Å². The number of ether oxygens (including phenoxy) is 2. The number of nitrogens with two attached hydrogens (primary N) is 2. The summed E-state index contributed by atoms with van der Waals surface area (Å²) in [6.07, 6.45) is -1.20. The maximum atomic E-state index is 12.9. The van der Waals surface area contributed by atoms with Crippen molar-refractivity contribution in [2.75, 3.05) is 19.5 Å². The van der Waals surface area contributed by atoms with Gasteiger partial charge in [-0.15, -0.1) is 5.10 Å². The Morgan fingerprint density at radius 2 is 1.95 bits per heavy atom. The number of carboxylic acids is 1. The van der Waals surface area contributed by atoms with Gasteiger partial charge < -0.3 is 26.0 Å². The quantitative estimate of drug-likeness (QED) is 0.157. The fourth-order valence-electron chi connectivity index (χ4n) is 4.48. The second-order valence-corrected chi connectivity index (χ2v) is 9.48. The number of aryl methyl sites for hydroxylation is 1. The van der Waals surface area contributed by atoms with E-state index >= 15 is 0 Å². The SMILES string of the molecule is COc1cc(C(Cc2ccc(C(=N)N)cc2)c2nn(-c3ncccc3N)c(=O)[nH]2)cc2c1OCCC2.O=C(O)C(F)(F)F. The van der Waals surface area contributed by atoms with E-state index in [2.05, 4.69) is 21.1 Å². The summed E-state index contributed by atoms with van der Waals surface area (Å²) in [5.74, 6) is -0.910. The fourth-order valence-corrected chi connectivity index (χ4v) is 4.48. The van der Waals surface area contributed by atoms with E-state index in [1.807, 2.05) is 30.3 Å². The zero-order valence-corrected chi connectivity index (χ0v) is 22.8. The van der Waals surface area contributed by atoms with Gasteiger partial charge >= 0.3 is 17.8 Å². The number of amidine groups is 1. The van der Waals surface area contributed by atoms with Crippen LogP contribution in [0.2, 0.25) is 0 Å². The fraction of sp³-hybridized carbons (Fsp3) is 0.250. The van der Waals surface area contributed by atoms with Gasteiger partial charge in [-0.2, -0.15) is 17.9 Å². The minimum atomic E-state index is -5.08. The van der Waals surface area contributed by atoms with Crippen molar-refractivity contribution in [3.05, 3.63) is 93.3 Å². The monoisotopic (exact) mass is 599 g/mol. The average molecular weight is 600 g/mol. The smallest absolute Gasteiger partial charge is 0.490 e. The van der Waals surface area contributed by atoms with Crippen LogP contribution in [0.1, 0.15) is 40.4 Å². The van der Waals surface area contributed by atoms with E-state index in [1.54, 1.807) is 25.4 Å². The van der Waals surface area contributed by atoms with Crippen LogP contribution in [-0.2, 0) is 17.6 Å². The van der Waals surface area contributed by atoms with Crippen molar-refractivity contribution in [1.29, 1.82) is 5.41 Å². The molecule has 12 nitrogen and oxygen atoms in total. The molecule has 0 radical (unpaired) electrons. The number of pyridine rings is 1. The molecule has 226 valence electrons. The minimum absolute atomic E-state index is 0.00791. The second kappa shape index (κ2) is 12.7. The van der Waals surface area contributed by atoms with Crippen molar-refractivity contribution in [3.63, 3.8) is 0 Å². The van der Waals surface area contributed by atoms with E-state index in [1.165, 1.54) is 4.68 Å². The van der Waals surface area contributed by atoms with Crippen LogP contribution >= 0.6 is 0 Å². The molecule has 0 amide bonds. The predicted octanol–water partition coefficient (Wildman–Crippen LogP) is 3.16. The number of nitrogens with one attached hydrogen (secondary N) is 2. The van der Waals surface area contributed by atoms with E-state index < -0.39 is 17.8 Å². The van der Waals surface area contributed by atoms with Gasteiger partial charge in [-0.1, -0.05) is 30.3 Å². The normalized spacial score (nSPS) is 13.1. The summed E-state index contributed by atoms with van der Waals surface area (Å²) >= 11 is 0. The van der Waals surface area contributed by atoms with Gasteiger partial charge in [-0.3, -0.25) is 10.4 Å². The number of aliphatic carboxylic acids is 1. The van der Waals surface area contributed by atoms with Crippen molar-refractivity contribution in [2.45, 2.75) is 31.4 Å². The van der Waals surface area contributed by atoms with E-state index in [4.69, 9.17) is 36.3 Å². The molecule has 15 heteroatoms. The van der Waals surface area contributed by atoms with Gasteiger partial charge in [-0.25, -0.2) is 14.6 Å². The third kappa shape index (κ3) is 7.12.